The summed E-state index contributed by atoms with van der Waals surface area (Å²) >= 11 is 12.4. The lowest BCUT2D eigenvalue weighted by Gasteiger charge is -2.30. The topological polar surface area (TPSA) is 50.6 Å². The molecular weight excluding hydrogens is 543 g/mol. The molecule has 2 aliphatic heterocycles. The van der Waals surface area contributed by atoms with Crippen LogP contribution in [0, 0.1) is 23.1 Å². The van der Waals surface area contributed by atoms with E-state index in [0.29, 0.717) is 41.8 Å². The smallest absolute Gasteiger partial charge is 0.339 e. The molecule has 11 heteroatoms. The first-order chi connectivity index (χ1) is 18.0. The Labute approximate surface area is 229 Å². The maximum Gasteiger partial charge on any atom is 0.419 e. The second-order valence-electron chi connectivity index (χ2n) is 10.1. The monoisotopic (exact) mass is 570 g/mol. The molecular formula is C27H28Cl2F4N4O. The first-order valence-electron chi connectivity index (χ1n) is 12.4. The van der Waals surface area contributed by atoms with Crippen molar-refractivity contribution >= 4 is 29.1 Å². The molecule has 2 heterocycles. The van der Waals surface area contributed by atoms with E-state index in [4.69, 9.17) is 28.5 Å². The molecule has 5 nitrogen and oxygen atoms in total. The van der Waals surface area contributed by atoms with Gasteiger partial charge in [-0.3, -0.25) is 14.6 Å². The van der Waals surface area contributed by atoms with Gasteiger partial charge in [-0.15, -0.1) is 0 Å². The first kappa shape index (κ1) is 28.6. The Hall–Kier alpha value is -2.38. The van der Waals surface area contributed by atoms with Crippen molar-refractivity contribution in [1.82, 2.24) is 14.7 Å². The lowest BCUT2D eigenvalue weighted by molar-refractivity contribution is -0.140. The van der Waals surface area contributed by atoms with Gasteiger partial charge < -0.3 is 4.90 Å². The largest absolute Gasteiger partial charge is 0.419 e. The minimum absolute atomic E-state index is 0.0260. The second kappa shape index (κ2) is 11.8. The Morgan fingerprint density at radius 2 is 1.82 bits per heavy atom. The third kappa shape index (κ3) is 6.60. The zero-order valence-electron chi connectivity index (χ0n) is 20.8. The van der Waals surface area contributed by atoms with Crippen molar-refractivity contribution in [2.75, 3.05) is 39.8 Å². The Balaban J connectivity index is 1.51. The van der Waals surface area contributed by atoms with Gasteiger partial charge in [0.25, 0.3) is 0 Å². The quantitative estimate of drug-likeness (QED) is 0.411. The molecule has 0 aliphatic carbocycles. The summed E-state index contributed by atoms with van der Waals surface area (Å²) in [5.74, 6) is -1.45. The fourth-order valence-electron chi connectivity index (χ4n) is 5.31. The predicted molar refractivity (Wildman–Crippen MR) is 137 cm³/mol. The number of benzene rings is 2. The molecule has 204 valence electrons. The lowest BCUT2D eigenvalue weighted by Crippen LogP contribution is -2.43. The Morgan fingerprint density at radius 1 is 1.11 bits per heavy atom. The number of nitrogens with zero attached hydrogens (tertiary/aromatic N) is 4. The molecule has 2 atom stereocenters. The third-order valence-corrected chi connectivity index (χ3v) is 8.22. The van der Waals surface area contributed by atoms with Gasteiger partial charge >= 0.3 is 6.18 Å². The summed E-state index contributed by atoms with van der Waals surface area (Å²) in [6.45, 7) is 2.67. The fourth-order valence-corrected chi connectivity index (χ4v) is 5.62. The highest BCUT2D eigenvalue weighted by atomic mass is 35.5. The van der Waals surface area contributed by atoms with Crippen molar-refractivity contribution in [3.8, 4) is 6.07 Å². The van der Waals surface area contributed by atoms with Gasteiger partial charge in [0.15, 0.2) is 0 Å². The van der Waals surface area contributed by atoms with E-state index < -0.39 is 17.6 Å². The molecule has 2 aromatic rings. The van der Waals surface area contributed by atoms with Gasteiger partial charge in [-0.2, -0.15) is 18.4 Å². The molecule has 2 aromatic carbocycles. The highest BCUT2D eigenvalue weighted by molar-refractivity contribution is 6.42. The van der Waals surface area contributed by atoms with E-state index in [1.807, 2.05) is 18.0 Å². The van der Waals surface area contributed by atoms with Gasteiger partial charge in [-0.25, -0.2) is 4.39 Å². The molecule has 2 aliphatic rings. The zero-order chi connectivity index (χ0) is 27.6. The lowest BCUT2D eigenvalue weighted by atomic mass is 9.93. The number of carbonyl (C=O) groups is 1. The van der Waals surface area contributed by atoms with Crippen LogP contribution >= 0.6 is 23.2 Å². The van der Waals surface area contributed by atoms with Gasteiger partial charge in [-0.1, -0.05) is 35.3 Å². The van der Waals surface area contributed by atoms with Crippen LogP contribution in [0.1, 0.15) is 35.4 Å². The minimum Gasteiger partial charge on any atom is -0.339 e. The number of likely N-dealkylation sites (tertiary alicyclic amines) is 2. The van der Waals surface area contributed by atoms with Crippen LogP contribution in [0.15, 0.2) is 36.4 Å². The Kier molecular flexibility index (Phi) is 8.88. The summed E-state index contributed by atoms with van der Waals surface area (Å²) in [5.41, 5.74) is -0.00922. The number of halogens is 6. The standard InChI is InChI=1S/C27H28Cl2F4N4O/c1-35(13-18-2-4-21(24(30)10-18)27(31,32)33)25-15-37(14-20(25)19-3-5-22(28)23(29)11-19)26(38)16-36-8-6-17(12-34)7-9-36/h2-5,10-11,17,20,25H,6-9,13-16H2,1H3/t20-,25?/m1/s1. The van der Waals surface area contributed by atoms with Gasteiger partial charge in [0, 0.05) is 37.5 Å². The number of alkyl halides is 3. The molecule has 0 bridgehead atoms. The first-order valence-corrected chi connectivity index (χ1v) is 13.1. The van der Waals surface area contributed by atoms with Crippen molar-refractivity contribution in [3.63, 3.8) is 0 Å². The van der Waals surface area contributed by atoms with Crippen LogP contribution in [-0.4, -0.2) is 66.4 Å². The average Bonchev–Trinajstić information content (AvgIpc) is 3.31. The number of piperidine rings is 1. The fraction of sp³-hybridized carbons (Fsp3) is 0.481. The van der Waals surface area contributed by atoms with Crippen molar-refractivity contribution in [1.29, 1.82) is 5.26 Å². The van der Waals surface area contributed by atoms with Gasteiger partial charge in [-0.05, 0) is 68.4 Å². The number of rotatable bonds is 6. The molecule has 1 amide bonds. The third-order valence-electron chi connectivity index (χ3n) is 7.48. The minimum atomic E-state index is -4.76. The van der Waals surface area contributed by atoms with E-state index in [-0.39, 0.29) is 36.9 Å². The molecule has 38 heavy (non-hydrogen) atoms. The SMILES string of the molecule is CN(Cc1ccc(C(F)(F)F)c(F)c1)C1CN(C(=O)CN2CCC(C#N)CC2)C[C@@H]1c1ccc(Cl)c(Cl)c1. The number of nitriles is 1. The van der Waals surface area contributed by atoms with E-state index in [0.717, 1.165) is 30.5 Å². The summed E-state index contributed by atoms with van der Waals surface area (Å²) in [6, 6.07) is 10.4. The molecule has 1 unspecified atom stereocenters. The maximum atomic E-state index is 14.2. The average molecular weight is 571 g/mol. The highest BCUT2D eigenvalue weighted by Crippen LogP contribution is 2.36. The van der Waals surface area contributed by atoms with Crippen LogP contribution in [0.25, 0.3) is 0 Å². The van der Waals surface area contributed by atoms with E-state index >= 15 is 0 Å². The van der Waals surface area contributed by atoms with Crippen molar-refractivity contribution in [2.24, 2.45) is 5.92 Å². The normalized spacial score (nSPS) is 21.2. The summed E-state index contributed by atoms with van der Waals surface area (Å²) in [6.07, 6.45) is -3.28. The van der Waals surface area contributed by atoms with E-state index in [9.17, 15) is 22.4 Å². The molecule has 2 saturated heterocycles. The van der Waals surface area contributed by atoms with Crippen LogP contribution in [-0.2, 0) is 17.5 Å². The number of likely N-dealkylation sites (N-methyl/N-ethyl adjacent to an activating group) is 1. The van der Waals surface area contributed by atoms with Crippen molar-refractivity contribution in [3.05, 3.63) is 69.0 Å². The molecule has 0 aromatic heterocycles. The Bertz CT molecular complexity index is 1210. The van der Waals surface area contributed by atoms with Crippen LogP contribution in [0.5, 0.6) is 0 Å². The second-order valence-corrected chi connectivity index (χ2v) is 10.9. The number of hydrogen-bond acceptors (Lipinski definition) is 4. The van der Waals surface area contributed by atoms with Crippen LogP contribution < -0.4 is 0 Å². The Morgan fingerprint density at radius 3 is 2.42 bits per heavy atom. The molecule has 4 rings (SSSR count). The van der Waals surface area contributed by atoms with Gasteiger partial charge in [0.05, 0.1) is 28.2 Å². The molecule has 0 N–H and O–H groups in total. The zero-order valence-corrected chi connectivity index (χ0v) is 22.3. The van der Waals surface area contributed by atoms with Crippen molar-refractivity contribution < 1.29 is 22.4 Å². The summed E-state index contributed by atoms with van der Waals surface area (Å²) in [7, 11) is 1.81. The van der Waals surface area contributed by atoms with Crippen molar-refractivity contribution in [2.45, 2.75) is 37.5 Å². The van der Waals surface area contributed by atoms with Gasteiger partial charge in [0.2, 0.25) is 5.91 Å². The summed E-state index contributed by atoms with van der Waals surface area (Å²) < 4.78 is 53.2. The number of carbonyl (C=O) groups excluding carboxylic acids is 1. The van der Waals surface area contributed by atoms with Gasteiger partial charge in [0.1, 0.15) is 5.82 Å². The van der Waals surface area contributed by atoms with Crippen LogP contribution in [0.2, 0.25) is 10.0 Å². The predicted octanol–water partition coefficient (Wildman–Crippen LogP) is 5.81. The summed E-state index contributed by atoms with van der Waals surface area (Å²) in [5, 5.41) is 9.92. The van der Waals surface area contributed by atoms with E-state index in [2.05, 4.69) is 11.0 Å². The van der Waals surface area contributed by atoms with Crippen LogP contribution in [0.4, 0.5) is 17.6 Å². The van der Waals surface area contributed by atoms with Crippen LogP contribution in [0.3, 0.4) is 0 Å². The molecule has 2 fully saturated rings. The number of amides is 1. The molecule has 0 saturated carbocycles. The number of hydrogen-bond donors (Lipinski definition) is 0. The van der Waals surface area contributed by atoms with E-state index in [1.165, 1.54) is 6.07 Å². The summed E-state index contributed by atoms with van der Waals surface area (Å²) in [4.78, 5) is 19.0. The highest BCUT2D eigenvalue weighted by Gasteiger charge is 2.39. The van der Waals surface area contributed by atoms with E-state index in [1.54, 1.807) is 17.0 Å². The maximum absolute atomic E-state index is 14.2. The molecule has 0 spiro atoms. The molecule has 0 radical (unpaired) electrons.